The summed E-state index contributed by atoms with van der Waals surface area (Å²) in [5.74, 6) is -1.43. The summed E-state index contributed by atoms with van der Waals surface area (Å²) in [5.41, 5.74) is 0.912. The molecular weight excluding hydrogens is 405 g/mol. The van der Waals surface area contributed by atoms with Crippen molar-refractivity contribution in [3.05, 3.63) is 69.5 Å². The van der Waals surface area contributed by atoms with Crippen LogP contribution in [-0.4, -0.2) is 22.4 Å². The number of carbonyl (C=O) groups excluding carboxylic acids is 1. The average molecular weight is 419 g/mol. The number of nitrogens with zero attached hydrogens (tertiary/aromatic N) is 2. The average Bonchev–Trinajstić information content (AvgIpc) is 3.06. The first-order valence-corrected chi connectivity index (χ1v) is 9.67. The van der Waals surface area contributed by atoms with Crippen molar-refractivity contribution in [3.8, 4) is 5.75 Å². The highest BCUT2D eigenvalue weighted by Crippen LogP contribution is 2.30. The molecular formula is C18H14FN3O4S2. The number of amides is 1. The second kappa shape index (κ2) is 8.81. The molecule has 1 aromatic heterocycles. The van der Waals surface area contributed by atoms with Crippen LogP contribution in [0.1, 0.15) is 5.69 Å². The lowest BCUT2D eigenvalue weighted by atomic mass is 10.3. The summed E-state index contributed by atoms with van der Waals surface area (Å²) in [7, 11) is 0. The number of hydrogen-bond donors (Lipinski definition) is 1. The number of ether oxygens (including phenoxy) is 1. The largest absolute Gasteiger partial charge is 0.484 e. The number of aromatic nitrogens is 1. The minimum Gasteiger partial charge on any atom is -0.484 e. The highest BCUT2D eigenvalue weighted by molar-refractivity contribution is 8.01. The molecule has 0 aliphatic carbocycles. The van der Waals surface area contributed by atoms with Gasteiger partial charge in [-0.05, 0) is 37.3 Å². The Bertz CT molecular complexity index is 1010. The van der Waals surface area contributed by atoms with Gasteiger partial charge in [0, 0.05) is 33.8 Å². The van der Waals surface area contributed by atoms with Crippen molar-refractivity contribution in [2.45, 2.75) is 16.2 Å². The van der Waals surface area contributed by atoms with Gasteiger partial charge in [-0.3, -0.25) is 14.9 Å². The van der Waals surface area contributed by atoms with Gasteiger partial charge in [0.1, 0.15) is 5.75 Å². The van der Waals surface area contributed by atoms with E-state index in [1.54, 1.807) is 23.5 Å². The fourth-order valence-electron chi connectivity index (χ4n) is 2.16. The number of nitrogens with one attached hydrogen (secondary N) is 1. The number of hydrogen-bond acceptors (Lipinski definition) is 7. The Labute approximate surface area is 167 Å². The number of carbonyl (C=O) groups is 1. The molecule has 0 radical (unpaired) electrons. The summed E-state index contributed by atoms with van der Waals surface area (Å²) in [5, 5.41) is 15.2. The molecule has 3 rings (SSSR count). The zero-order chi connectivity index (χ0) is 20.1. The minimum atomic E-state index is -1.02. The number of nitro groups is 1. The van der Waals surface area contributed by atoms with E-state index in [-0.39, 0.29) is 12.4 Å². The Hall–Kier alpha value is -2.98. The molecule has 0 fully saturated rings. The molecule has 0 unspecified atom stereocenters. The summed E-state index contributed by atoms with van der Waals surface area (Å²) in [6.07, 6.45) is 0. The topological polar surface area (TPSA) is 94.4 Å². The van der Waals surface area contributed by atoms with E-state index in [1.165, 1.54) is 17.8 Å². The Kier molecular flexibility index (Phi) is 6.22. The lowest BCUT2D eigenvalue weighted by Crippen LogP contribution is -2.20. The van der Waals surface area contributed by atoms with E-state index in [9.17, 15) is 19.3 Å². The predicted molar refractivity (Wildman–Crippen MR) is 105 cm³/mol. The molecule has 0 aliphatic rings. The minimum absolute atomic E-state index is 0.0312. The fraction of sp³-hybridized carbons (Fsp3) is 0.111. The van der Waals surface area contributed by atoms with Crippen molar-refractivity contribution in [3.63, 3.8) is 0 Å². The van der Waals surface area contributed by atoms with E-state index in [1.807, 2.05) is 24.4 Å². The molecule has 1 heterocycles. The quantitative estimate of drug-likeness (QED) is 0.442. The van der Waals surface area contributed by atoms with Crippen LogP contribution < -0.4 is 10.1 Å². The molecule has 2 aromatic carbocycles. The van der Waals surface area contributed by atoms with Crippen LogP contribution in [0.2, 0.25) is 0 Å². The fourth-order valence-corrected chi connectivity index (χ4v) is 3.97. The van der Waals surface area contributed by atoms with Gasteiger partial charge in [0.25, 0.3) is 5.91 Å². The zero-order valence-electron chi connectivity index (χ0n) is 14.5. The van der Waals surface area contributed by atoms with Crippen LogP contribution in [0.5, 0.6) is 5.75 Å². The number of rotatable bonds is 7. The number of anilines is 1. The first kappa shape index (κ1) is 19.8. The summed E-state index contributed by atoms with van der Waals surface area (Å²) >= 11 is 3.10. The number of benzene rings is 2. The van der Waals surface area contributed by atoms with E-state index in [2.05, 4.69) is 10.3 Å². The monoisotopic (exact) mass is 419 g/mol. The number of halogens is 1. The highest BCUT2D eigenvalue weighted by atomic mass is 32.2. The summed E-state index contributed by atoms with van der Waals surface area (Å²) in [4.78, 5) is 27.1. The molecule has 0 aliphatic heterocycles. The lowest BCUT2D eigenvalue weighted by molar-refractivity contribution is -0.387. The van der Waals surface area contributed by atoms with E-state index >= 15 is 0 Å². The van der Waals surface area contributed by atoms with Gasteiger partial charge < -0.3 is 10.1 Å². The molecule has 7 nitrogen and oxygen atoms in total. The Morgan fingerprint density at radius 3 is 2.68 bits per heavy atom. The molecule has 10 heteroatoms. The van der Waals surface area contributed by atoms with Gasteiger partial charge in [-0.2, -0.15) is 4.39 Å². The van der Waals surface area contributed by atoms with Crippen molar-refractivity contribution in [1.29, 1.82) is 0 Å². The molecule has 28 heavy (non-hydrogen) atoms. The van der Waals surface area contributed by atoms with Crippen molar-refractivity contribution in [2.24, 2.45) is 0 Å². The molecule has 0 saturated carbocycles. The molecule has 0 saturated heterocycles. The summed E-state index contributed by atoms with van der Waals surface area (Å²) in [6, 6.07) is 10.3. The van der Waals surface area contributed by atoms with Crippen molar-refractivity contribution < 1.29 is 18.8 Å². The lowest BCUT2D eigenvalue weighted by Gasteiger charge is -2.08. The SMILES string of the molecule is Cc1csc(Sc2ccc(NC(=O)COc3ccc([N+](=O)[O-])c(F)c3)cc2)n1. The maximum absolute atomic E-state index is 13.5. The summed E-state index contributed by atoms with van der Waals surface area (Å²) in [6.45, 7) is 1.58. The van der Waals surface area contributed by atoms with Gasteiger partial charge >= 0.3 is 5.69 Å². The highest BCUT2D eigenvalue weighted by Gasteiger charge is 2.15. The Balaban J connectivity index is 1.52. The van der Waals surface area contributed by atoms with Gasteiger partial charge in [0.15, 0.2) is 10.9 Å². The van der Waals surface area contributed by atoms with Gasteiger partial charge in [0.2, 0.25) is 5.82 Å². The molecule has 0 spiro atoms. The van der Waals surface area contributed by atoms with Gasteiger partial charge in [-0.1, -0.05) is 11.8 Å². The maximum atomic E-state index is 13.5. The summed E-state index contributed by atoms with van der Waals surface area (Å²) < 4.78 is 19.7. The molecule has 1 amide bonds. The Morgan fingerprint density at radius 2 is 2.07 bits per heavy atom. The van der Waals surface area contributed by atoms with E-state index in [0.29, 0.717) is 5.69 Å². The van der Waals surface area contributed by atoms with Crippen LogP contribution in [0.3, 0.4) is 0 Å². The molecule has 3 aromatic rings. The number of aryl methyl sites for hydroxylation is 1. The van der Waals surface area contributed by atoms with Crippen LogP contribution in [0, 0.1) is 22.9 Å². The number of nitro benzene ring substituents is 1. The van der Waals surface area contributed by atoms with Crippen LogP contribution in [0.25, 0.3) is 0 Å². The van der Waals surface area contributed by atoms with E-state index < -0.39 is 22.3 Å². The van der Waals surface area contributed by atoms with Crippen LogP contribution in [-0.2, 0) is 4.79 Å². The first-order chi connectivity index (χ1) is 13.4. The van der Waals surface area contributed by atoms with E-state index in [0.717, 1.165) is 27.1 Å². The third kappa shape index (κ3) is 5.27. The molecule has 1 N–H and O–H groups in total. The van der Waals surface area contributed by atoms with Crippen molar-refractivity contribution >= 4 is 40.4 Å². The smallest absolute Gasteiger partial charge is 0.305 e. The van der Waals surface area contributed by atoms with Crippen LogP contribution in [0.15, 0.2) is 57.1 Å². The predicted octanol–water partition coefficient (Wildman–Crippen LogP) is 4.67. The molecule has 144 valence electrons. The van der Waals surface area contributed by atoms with Crippen LogP contribution in [0.4, 0.5) is 15.8 Å². The first-order valence-electron chi connectivity index (χ1n) is 7.97. The molecule has 0 atom stereocenters. The normalized spacial score (nSPS) is 10.5. The molecule has 0 bridgehead atoms. The maximum Gasteiger partial charge on any atom is 0.305 e. The second-order valence-electron chi connectivity index (χ2n) is 5.59. The van der Waals surface area contributed by atoms with E-state index in [4.69, 9.17) is 4.74 Å². The third-order valence-corrected chi connectivity index (χ3v) is 5.49. The standard InChI is InChI=1S/C18H14FN3O4S2/c1-11-10-27-18(20-11)28-14-5-2-12(3-6-14)21-17(23)9-26-13-4-7-16(22(24)25)15(19)8-13/h2-8,10H,9H2,1H3,(H,21,23). The Morgan fingerprint density at radius 1 is 1.32 bits per heavy atom. The second-order valence-corrected chi connectivity index (χ2v) is 7.77. The number of thiazole rings is 1. The van der Waals surface area contributed by atoms with Gasteiger partial charge in [-0.25, -0.2) is 4.98 Å². The van der Waals surface area contributed by atoms with Gasteiger partial charge in [-0.15, -0.1) is 11.3 Å². The van der Waals surface area contributed by atoms with Crippen LogP contribution >= 0.6 is 23.1 Å². The van der Waals surface area contributed by atoms with Gasteiger partial charge in [0.05, 0.1) is 4.92 Å². The van der Waals surface area contributed by atoms with Crippen molar-refractivity contribution in [1.82, 2.24) is 4.98 Å². The van der Waals surface area contributed by atoms with Crippen molar-refractivity contribution in [2.75, 3.05) is 11.9 Å². The zero-order valence-corrected chi connectivity index (χ0v) is 16.2. The third-order valence-electron chi connectivity index (χ3n) is 3.43.